The van der Waals surface area contributed by atoms with E-state index >= 15 is 0 Å². The van der Waals surface area contributed by atoms with Crippen LogP contribution in [0.1, 0.15) is 57.9 Å². The van der Waals surface area contributed by atoms with E-state index in [0.717, 1.165) is 53.5 Å². The van der Waals surface area contributed by atoms with Gasteiger partial charge < -0.3 is 9.30 Å². The second-order valence-electron chi connectivity index (χ2n) is 9.74. The minimum atomic E-state index is -3.87. The summed E-state index contributed by atoms with van der Waals surface area (Å²) in [7, 11) is -3.87. The second kappa shape index (κ2) is 9.19. The van der Waals surface area contributed by atoms with Gasteiger partial charge in [-0.3, -0.25) is 4.79 Å². The summed E-state index contributed by atoms with van der Waals surface area (Å²) in [5.41, 5.74) is 4.19. The van der Waals surface area contributed by atoms with Gasteiger partial charge in [0.1, 0.15) is 5.60 Å². The normalized spacial score (nSPS) is 19.4. The summed E-state index contributed by atoms with van der Waals surface area (Å²) in [6, 6.07) is 11.4. The Labute approximate surface area is 210 Å². The molecule has 2 heterocycles. The van der Waals surface area contributed by atoms with Crippen LogP contribution in [0, 0.1) is 0 Å². The van der Waals surface area contributed by atoms with Crippen molar-refractivity contribution in [2.75, 3.05) is 0 Å². The van der Waals surface area contributed by atoms with E-state index in [1.54, 1.807) is 0 Å². The number of benzene rings is 2. The smallest absolute Gasteiger partial charge is 0.293 e. The highest BCUT2D eigenvalue weighted by Gasteiger charge is 2.38. The Morgan fingerprint density at radius 3 is 2.35 bits per heavy atom. The van der Waals surface area contributed by atoms with Crippen LogP contribution in [0.2, 0.25) is 5.02 Å². The molecule has 9 heteroatoms. The number of halogens is 2. The largest absolute Gasteiger partial charge is 0.462 e. The van der Waals surface area contributed by atoms with Gasteiger partial charge in [0, 0.05) is 21.3 Å². The Hall–Kier alpha value is -2.06. The molecule has 5 rings (SSSR count). The Balaban J connectivity index is 0.000000344. The van der Waals surface area contributed by atoms with E-state index in [4.69, 9.17) is 28.3 Å². The highest BCUT2D eigenvalue weighted by molar-refractivity contribution is 7.89. The molecule has 1 fully saturated rings. The number of rotatable bonds is 4. The van der Waals surface area contributed by atoms with E-state index in [-0.39, 0.29) is 21.8 Å². The summed E-state index contributed by atoms with van der Waals surface area (Å²) in [5, 5.41) is 7.62. The van der Waals surface area contributed by atoms with Crippen LogP contribution in [0.3, 0.4) is 0 Å². The van der Waals surface area contributed by atoms with Crippen LogP contribution in [-0.4, -0.2) is 30.4 Å². The van der Waals surface area contributed by atoms with Crippen molar-refractivity contribution in [3.05, 3.63) is 47.0 Å². The van der Waals surface area contributed by atoms with Gasteiger partial charge in [0.25, 0.3) is 6.47 Å². The summed E-state index contributed by atoms with van der Waals surface area (Å²) in [6.45, 7) is 5.92. The molecule has 2 aliphatic heterocycles. The third-order valence-electron chi connectivity index (χ3n) is 6.16. The molecule has 0 unspecified atom stereocenters. The summed E-state index contributed by atoms with van der Waals surface area (Å²) in [5.74, 6) is 0.169. The molecule has 0 spiro atoms. The lowest BCUT2D eigenvalue weighted by Gasteiger charge is -2.27. The minimum Gasteiger partial charge on any atom is -0.462 e. The molecule has 2 aromatic carbocycles. The summed E-state index contributed by atoms with van der Waals surface area (Å²) >= 11 is 12.3. The predicted octanol–water partition coefficient (Wildman–Crippen LogP) is 6.13. The molecular weight excluding hydrogens is 495 g/mol. The van der Waals surface area contributed by atoms with E-state index in [1.165, 1.54) is 0 Å². The van der Waals surface area contributed by atoms with Crippen LogP contribution in [-0.2, 0) is 19.6 Å². The highest BCUT2D eigenvalue weighted by Crippen LogP contribution is 2.53. The SMILES string of the molecule is CC(C)(C)OC=O.NS(=O)(=O)c1c(-c2c3c4ccc(Cl)cc4n2-3)cccc1C1CCC(Cl)CC1. The Morgan fingerprint density at radius 2 is 1.79 bits per heavy atom. The molecular formula is C25H28Cl2N2O4S. The molecule has 1 aliphatic carbocycles. The zero-order valence-electron chi connectivity index (χ0n) is 19.3. The van der Waals surface area contributed by atoms with E-state index in [2.05, 4.69) is 4.74 Å². The zero-order valence-corrected chi connectivity index (χ0v) is 21.7. The lowest BCUT2D eigenvalue weighted by Crippen LogP contribution is -2.20. The number of carbonyl (C=O) groups is 1. The predicted molar refractivity (Wildman–Crippen MR) is 136 cm³/mol. The molecule has 0 radical (unpaired) electrons. The summed E-state index contributed by atoms with van der Waals surface area (Å²) in [6.07, 6.45) is 3.55. The third-order valence-corrected chi connectivity index (χ3v) is 7.86. The van der Waals surface area contributed by atoms with Crippen LogP contribution in [0.15, 0.2) is 41.3 Å². The van der Waals surface area contributed by atoms with Gasteiger partial charge in [0.05, 0.1) is 21.8 Å². The van der Waals surface area contributed by atoms with Gasteiger partial charge in [0.2, 0.25) is 10.0 Å². The number of ether oxygens (including phenoxy) is 1. The Morgan fingerprint density at radius 1 is 1.12 bits per heavy atom. The first-order valence-electron chi connectivity index (χ1n) is 11.2. The number of aromatic nitrogens is 1. The fourth-order valence-electron chi connectivity index (χ4n) is 4.63. The number of nitrogens with zero attached hydrogens (tertiary/aromatic N) is 1. The fraction of sp³-hybridized carbons (Fsp3) is 0.400. The van der Waals surface area contributed by atoms with Crippen molar-refractivity contribution in [1.82, 2.24) is 4.57 Å². The Kier molecular flexibility index (Phi) is 6.77. The maximum absolute atomic E-state index is 12.6. The summed E-state index contributed by atoms with van der Waals surface area (Å²) < 4.78 is 31.7. The molecule has 34 heavy (non-hydrogen) atoms. The van der Waals surface area contributed by atoms with Gasteiger partial charge >= 0.3 is 0 Å². The molecule has 182 valence electrons. The highest BCUT2D eigenvalue weighted by atomic mass is 35.5. The first-order chi connectivity index (χ1) is 15.9. The minimum absolute atomic E-state index is 0.169. The maximum atomic E-state index is 12.6. The molecule has 0 aromatic heterocycles. The average molecular weight is 523 g/mol. The van der Waals surface area contributed by atoms with Gasteiger partial charge in [-0.2, -0.15) is 0 Å². The van der Waals surface area contributed by atoms with Crippen LogP contribution in [0.4, 0.5) is 0 Å². The summed E-state index contributed by atoms with van der Waals surface area (Å²) in [4.78, 5) is 9.86. The van der Waals surface area contributed by atoms with Crippen molar-refractivity contribution in [2.45, 2.75) is 68.2 Å². The monoisotopic (exact) mass is 522 g/mol. The zero-order chi connectivity index (χ0) is 24.8. The quantitative estimate of drug-likeness (QED) is 0.257. The number of hydrogen-bond acceptors (Lipinski definition) is 4. The van der Waals surface area contributed by atoms with Crippen molar-refractivity contribution in [1.29, 1.82) is 0 Å². The Bertz CT molecular complexity index is 1350. The van der Waals surface area contributed by atoms with Gasteiger partial charge in [-0.1, -0.05) is 29.8 Å². The van der Waals surface area contributed by atoms with Gasteiger partial charge in [0.15, 0.2) is 0 Å². The van der Waals surface area contributed by atoms with Crippen molar-refractivity contribution in [3.8, 4) is 16.9 Å². The molecule has 2 aromatic rings. The van der Waals surface area contributed by atoms with Crippen LogP contribution in [0.25, 0.3) is 27.8 Å². The van der Waals surface area contributed by atoms with Crippen molar-refractivity contribution in [3.63, 3.8) is 0 Å². The van der Waals surface area contributed by atoms with E-state index in [1.807, 2.05) is 61.7 Å². The average Bonchev–Trinajstić information content (AvgIpc) is 3.41. The van der Waals surface area contributed by atoms with Crippen molar-refractivity contribution < 1.29 is 17.9 Å². The maximum Gasteiger partial charge on any atom is 0.293 e. The number of sulfonamides is 1. The number of carbonyl (C=O) groups excluding carboxylic acids is 1. The van der Waals surface area contributed by atoms with Crippen molar-refractivity contribution in [2.24, 2.45) is 5.14 Å². The van der Waals surface area contributed by atoms with E-state index in [9.17, 15) is 13.2 Å². The third kappa shape index (κ3) is 4.98. The topological polar surface area (TPSA) is 91.4 Å². The molecule has 2 N–H and O–H groups in total. The number of nitrogens with two attached hydrogens (primary N) is 1. The number of primary sulfonamides is 1. The standard InChI is InChI=1S/C20H18Cl2N2O2S.C5H10O2/c21-12-6-4-11(5-7-12)14-2-1-3-16(20(14)27(23,25)26)19-18-15-9-8-13(22)10-17(15)24(18)19;1-5(2,3)7-4-6/h1-3,8-12H,4-7H2,(H2,23,25,26);4H,1-3H3. The fourth-order valence-corrected chi connectivity index (χ4v) is 6.08. The van der Waals surface area contributed by atoms with E-state index in [0.29, 0.717) is 17.1 Å². The lowest BCUT2D eigenvalue weighted by atomic mass is 9.83. The van der Waals surface area contributed by atoms with Crippen molar-refractivity contribution >= 4 is 50.6 Å². The van der Waals surface area contributed by atoms with E-state index < -0.39 is 10.0 Å². The molecule has 0 amide bonds. The first kappa shape index (κ1) is 25.0. The van der Waals surface area contributed by atoms with Crippen LogP contribution >= 0.6 is 23.2 Å². The molecule has 1 saturated carbocycles. The molecule has 0 saturated heterocycles. The first-order valence-corrected chi connectivity index (χ1v) is 13.5. The van der Waals surface area contributed by atoms with Gasteiger partial charge in [-0.05, 0) is 76.1 Å². The van der Waals surface area contributed by atoms with Gasteiger partial charge in [-0.25, -0.2) is 13.6 Å². The molecule has 0 bridgehead atoms. The second-order valence-corrected chi connectivity index (χ2v) is 12.3. The molecule has 0 atom stereocenters. The number of alkyl halides is 1. The number of fused-ring (bicyclic) bond motifs is 4. The number of hydrogen-bond donors (Lipinski definition) is 1. The molecule has 6 nitrogen and oxygen atoms in total. The lowest BCUT2D eigenvalue weighted by molar-refractivity contribution is -0.138. The van der Waals surface area contributed by atoms with Gasteiger partial charge in [-0.15, -0.1) is 11.6 Å². The van der Waals surface area contributed by atoms with Crippen LogP contribution in [0.5, 0.6) is 0 Å². The molecule has 3 aliphatic rings. The van der Waals surface area contributed by atoms with Crippen LogP contribution < -0.4 is 5.14 Å².